The number of carbonyl (C=O) groups is 1. The van der Waals surface area contributed by atoms with Gasteiger partial charge in [0.1, 0.15) is 11.1 Å². The van der Waals surface area contributed by atoms with Gasteiger partial charge in [0.2, 0.25) is 0 Å². The molecule has 0 unspecified atom stereocenters. The molecule has 3 N–H and O–H groups in total. The molecule has 1 aromatic heterocycles. The highest BCUT2D eigenvalue weighted by Gasteiger charge is 2.30. The number of hydrogen-bond acceptors (Lipinski definition) is 3. The molecule has 0 saturated heterocycles. The van der Waals surface area contributed by atoms with Crippen LogP contribution in [-0.2, 0) is 5.92 Å². The highest BCUT2D eigenvalue weighted by atomic mass is 79.9. The summed E-state index contributed by atoms with van der Waals surface area (Å²) >= 11 is 2.91. The number of halogens is 3. The molecule has 2 rings (SSSR count). The van der Waals surface area contributed by atoms with Gasteiger partial charge in [-0.3, -0.25) is 0 Å². The van der Waals surface area contributed by atoms with Crippen LogP contribution in [0.2, 0.25) is 0 Å². The highest BCUT2D eigenvalue weighted by molar-refractivity contribution is 9.10. The summed E-state index contributed by atoms with van der Waals surface area (Å²) < 4.78 is 28.8. The van der Waals surface area contributed by atoms with Gasteiger partial charge in [-0.05, 0) is 12.1 Å². The minimum Gasteiger partial charge on any atom is -0.478 e. The van der Waals surface area contributed by atoms with Gasteiger partial charge in [0, 0.05) is 23.1 Å². The minimum absolute atomic E-state index is 0.0107. The summed E-state index contributed by atoms with van der Waals surface area (Å²) in [4.78, 5) is 17.2. The quantitative estimate of drug-likeness (QED) is 0.760. The number of aromatic amines is 1. The lowest BCUT2D eigenvalue weighted by Gasteiger charge is -2.04. The third kappa shape index (κ3) is 2.03. The zero-order valence-electron chi connectivity index (χ0n) is 9.09. The van der Waals surface area contributed by atoms with E-state index in [4.69, 9.17) is 5.11 Å². The Balaban J connectivity index is 2.77. The Hall–Kier alpha value is -1.70. The molecule has 96 valence electrons. The van der Waals surface area contributed by atoms with E-state index in [-0.39, 0.29) is 22.3 Å². The molecule has 5 nitrogen and oxygen atoms in total. The number of nitrogens with one attached hydrogen (secondary N) is 2. The predicted molar refractivity (Wildman–Crippen MR) is 65.2 cm³/mol. The summed E-state index contributed by atoms with van der Waals surface area (Å²) in [5, 5.41) is 9.10. The maximum Gasteiger partial charge on any atom is 0.340 e. The van der Waals surface area contributed by atoms with Crippen LogP contribution in [0.3, 0.4) is 0 Å². The fourth-order valence-electron chi connectivity index (χ4n) is 1.58. The maximum absolute atomic E-state index is 13.1. The molecule has 0 aliphatic carbocycles. The van der Waals surface area contributed by atoms with Crippen molar-refractivity contribution in [2.24, 2.45) is 0 Å². The van der Waals surface area contributed by atoms with E-state index in [2.05, 4.69) is 30.5 Å². The van der Waals surface area contributed by atoms with Crippen LogP contribution in [0.4, 0.5) is 14.5 Å². The summed E-state index contributed by atoms with van der Waals surface area (Å²) in [5.41, 5.74) is 0.308. The van der Waals surface area contributed by atoms with Gasteiger partial charge in [0.25, 0.3) is 0 Å². The predicted octanol–water partition coefficient (Wildman–Crippen LogP) is 3.09. The molecule has 8 heteroatoms. The first-order valence-electron chi connectivity index (χ1n) is 4.85. The van der Waals surface area contributed by atoms with E-state index in [1.165, 1.54) is 12.1 Å². The summed E-state index contributed by atoms with van der Waals surface area (Å²) in [6.45, 7) is 0.689. The van der Waals surface area contributed by atoms with E-state index in [1.807, 2.05) is 0 Å². The van der Waals surface area contributed by atoms with E-state index in [1.54, 1.807) is 0 Å². The number of carboxylic acids is 1. The standard InChI is InChI=1S/C10H8BrF2N3O2/c1-10(12,13)9-14-5-3-2-4(16-11)6(8(17)18)7(5)15-9/h2-3,16H,1H3,(H,14,15)(H,17,18). The largest absolute Gasteiger partial charge is 0.478 e. The number of fused-ring (bicyclic) bond motifs is 1. The van der Waals surface area contributed by atoms with Crippen molar-refractivity contribution < 1.29 is 18.7 Å². The van der Waals surface area contributed by atoms with Gasteiger partial charge >= 0.3 is 11.9 Å². The Morgan fingerprint density at radius 3 is 2.72 bits per heavy atom. The molecular formula is C10H8BrF2N3O2. The third-order valence-electron chi connectivity index (χ3n) is 2.39. The van der Waals surface area contributed by atoms with Gasteiger partial charge in [-0.25, -0.2) is 9.78 Å². The van der Waals surface area contributed by atoms with Crippen molar-refractivity contribution in [2.75, 3.05) is 4.34 Å². The van der Waals surface area contributed by atoms with Gasteiger partial charge in [0.05, 0.1) is 11.2 Å². The molecule has 0 spiro atoms. The number of alkyl halides is 2. The Labute approximate surface area is 109 Å². The molecule has 0 radical (unpaired) electrons. The van der Waals surface area contributed by atoms with Crippen molar-refractivity contribution in [1.29, 1.82) is 0 Å². The second kappa shape index (κ2) is 4.20. The van der Waals surface area contributed by atoms with Crippen molar-refractivity contribution >= 4 is 38.8 Å². The molecule has 0 amide bonds. The summed E-state index contributed by atoms with van der Waals surface area (Å²) in [5.74, 6) is -4.97. The SMILES string of the molecule is CC(F)(F)c1nc2c(C(=O)O)c(NBr)ccc2[nH]1. The van der Waals surface area contributed by atoms with Crippen molar-refractivity contribution in [1.82, 2.24) is 9.97 Å². The molecule has 0 fully saturated rings. The Morgan fingerprint density at radius 2 is 2.22 bits per heavy atom. The molecule has 1 heterocycles. The number of aromatic carboxylic acids is 1. The lowest BCUT2D eigenvalue weighted by molar-refractivity contribution is 0.00887. The van der Waals surface area contributed by atoms with Crippen molar-refractivity contribution in [3.8, 4) is 0 Å². The Bertz CT molecular complexity index is 621. The van der Waals surface area contributed by atoms with E-state index in [0.717, 1.165) is 0 Å². The van der Waals surface area contributed by atoms with Crippen LogP contribution in [0.15, 0.2) is 12.1 Å². The van der Waals surface area contributed by atoms with Gasteiger partial charge < -0.3 is 14.4 Å². The van der Waals surface area contributed by atoms with Crippen LogP contribution < -0.4 is 4.34 Å². The van der Waals surface area contributed by atoms with Gasteiger partial charge in [0.15, 0.2) is 5.82 Å². The second-order valence-corrected chi connectivity index (χ2v) is 4.15. The Kier molecular flexibility index (Phi) is 2.97. The maximum atomic E-state index is 13.1. The molecule has 18 heavy (non-hydrogen) atoms. The first-order valence-corrected chi connectivity index (χ1v) is 5.65. The molecule has 0 atom stereocenters. The van der Waals surface area contributed by atoms with E-state index >= 15 is 0 Å². The van der Waals surface area contributed by atoms with Crippen LogP contribution in [0.25, 0.3) is 11.0 Å². The molecule has 0 aliphatic rings. The summed E-state index contributed by atoms with van der Waals surface area (Å²) in [6, 6.07) is 2.93. The minimum atomic E-state index is -3.16. The first kappa shape index (κ1) is 12.7. The van der Waals surface area contributed by atoms with Crippen LogP contribution >= 0.6 is 16.1 Å². The molecule has 2 aromatic rings. The van der Waals surface area contributed by atoms with Crippen LogP contribution in [0.1, 0.15) is 23.1 Å². The van der Waals surface area contributed by atoms with Crippen LogP contribution in [0, 0.1) is 0 Å². The number of nitrogens with zero attached hydrogens (tertiary/aromatic N) is 1. The summed E-state index contributed by atoms with van der Waals surface area (Å²) in [7, 11) is 0. The summed E-state index contributed by atoms with van der Waals surface area (Å²) in [6.07, 6.45) is 0. The van der Waals surface area contributed by atoms with E-state index < -0.39 is 17.7 Å². The second-order valence-electron chi connectivity index (χ2n) is 3.76. The molecule has 0 saturated carbocycles. The monoisotopic (exact) mass is 319 g/mol. The fraction of sp³-hybridized carbons (Fsp3) is 0.200. The topological polar surface area (TPSA) is 78.0 Å². The van der Waals surface area contributed by atoms with E-state index in [9.17, 15) is 13.6 Å². The molecular weight excluding hydrogens is 312 g/mol. The van der Waals surface area contributed by atoms with Crippen molar-refractivity contribution in [3.05, 3.63) is 23.5 Å². The number of benzene rings is 1. The smallest absolute Gasteiger partial charge is 0.340 e. The lowest BCUT2D eigenvalue weighted by atomic mass is 10.1. The number of carboxylic acid groups (broad SMARTS) is 1. The highest BCUT2D eigenvalue weighted by Crippen LogP contribution is 2.30. The molecule has 1 aromatic carbocycles. The zero-order valence-corrected chi connectivity index (χ0v) is 10.7. The van der Waals surface area contributed by atoms with Gasteiger partial charge in [-0.1, -0.05) is 0 Å². The number of rotatable bonds is 3. The fourth-order valence-corrected chi connectivity index (χ4v) is 1.91. The normalized spacial score (nSPS) is 11.8. The number of aromatic nitrogens is 2. The molecule has 0 bridgehead atoms. The Morgan fingerprint density at radius 1 is 1.56 bits per heavy atom. The third-order valence-corrected chi connectivity index (χ3v) is 2.81. The average Bonchev–Trinajstić information content (AvgIpc) is 2.70. The van der Waals surface area contributed by atoms with Crippen LogP contribution in [0.5, 0.6) is 0 Å². The van der Waals surface area contributed by atoms with E-state index in [0.29, 0.717) is 6.92 Å². The van der Waals surface area contributed by atoms with Crippen molar-refractivity contribution in [3.63, 3.8) is 0 Å². The number of imidazole rings is 1. The van der Waals surface area contributed by atoms with Gasteiger partial charge in [-0.2, -0.15) is 8.78 Å². The van der Waals surface area contributed by atoms with Crippen LogP contribution in [-0.4, -0.2) is 21.0 Å². The number of hydrogen-bond donors (Lipinski definition) is 3. The molecule has 0 aliphatic heterocycles. The average molecular weight is 320 g/mol. The zero-order chi connectivity index (χ0) is 13.5. The van der Waals surface area contributed by atoms with Gasteiger partial charge in [-0.15, -0.1) is 0 Å². The lowest BCUT2D eigenvalue weighted by Crippen LogP contribution is -2.09. The number of anilines is 1. The first-order chi connectivity index (χ1) is 8.34. The number of H-pyrrole nitrogens is 1. The van der Waals surface area contributed by atoms with Crippen molar-refractivity contribution in [2.45, 2.75) is 12.8 Å².